The van der Waals surface area contributed by atoms with Crippen molar-refractivity contribution in [1.29, 1.82) is 0 Å². The van der Waals surface area contributed by atoms with Crippen molar-refractivity contribution in [2.75, 3.05) is 14.2 Å². The van der Waals surface area contributed by atoms with Crippen molar-refractivity contribution in [3.8, 4) is 22.8 Å². The first-order valence-electron chi connectivity index (χ1n) is 13.3. The molecule has 0 fully saturated rings. The fourth-order valence-corrected chi connectivity index (χ4v) is 4.39. The van der Waals surface area contributed by atoms with E-state index in [1.807, 2.05) is 55.5 Å². The van der Waals surface area contributed by atoms with E-state index in [2.05, 4.69) is 48.3 Å². The summed E-state index contributed by atoms with van der Waals surface area (Å²) in [6, 6.07) is 35.0. The van der Waals surface area contributed by atoms with Crippen LogP contribution in [0.25, 0.3) is 33.1 Å². The van der Waals surface area contributed by atoms with Gasteiger partial charge in [0.1, 0.15) is 16.7 Å². The summed E-state index contributed by atoms with van der Waals surface area (Å²) < 4.78 is 10.3. The number of benzene rings is 4. The summed E-state index contributed by atoms with van der Waals surface area (Å²) in [7, 11) is 1.97. The van der Waals surface area contributed by atoms with E-state index < -0.39 is 7.12 Å². The monoisotopic (exact) mass is 578 g/mol. The average molecular weight is 579 g/mol. The molecule has 0 atom stereocenters. The summed E-state index contributed by atoms with van der Waals surface area (Å²) in [4.78, 5) is 8.87. The van der Waals surface area contributed by atoms with Crippen molar-refractivity contribution in [3.63, 3.8) is 0 Å². The zero-order valence-electron chi connectivity index (χ0n) is 24.0. The molecule has 2 aromatic heterocycles. The molecule has 42 heavy (non-hydrogen) atoms. The summed E-state index contributed by atoms with van der Waals surface area (Å²) in [6.45, 7) is 4.00. The molecular formula is C34H32BClN2O4. The summed E-state index contributed by atoms with van der Waals surface area (Å²) in [6.07, 6.45) is 0. The van der Waals surface area contributed by atoms with E-state index in [1.54, 1.807) is 38.5 Å². The molecule has 6 rings (SSSR count). The van der Waals surface area contributed by atoms with Crippen LogP contribution in [0.15, 0.2) is 109 Å². The fourth-order valence-electron chi connectivity index (χ4n) is 4.23. The molecule has 0 unspecified atom stereocenters. The second-order valence-electron chi connectivity index (χ2n) is 9.61. The Morgan fingerprint density at radius 1 is 0.619 bits per heavy atom. The number of methoxy groups -OCH3 is 2. The van der Waals surface area contributed by atoms with Crippen molar-refractivity contribution in [2.24, 2.45) is 0 Å². The molecule has 0 spiro atoms. The highest BCUT2D eigenvalue weighted by atomic mass is 35.5. The number of fused-ring (bicyclic) bond motifs is 2. The number of ether oxygens (including phenoxy) is 2. The minimum absolute atomic E-state index is 0.512. The van der Waals surface area contributed by atoms with Crippen LogP contribution in [0, 0.1) is 13.8 Å². The lowest BCUT2D eigenvalue weighted by Crippen LogP contribution is -2.29. The second-order valence-corrected chi connectivity index (χ2v) is 9.99. The first kappa shape index (κ1) is 30.5. The van der Waals surface area contributed by atoms with Crippen molar-refractivity contribution in [2.45, 2.75) is 13.8 Å². The SMILES string of the molecule is COc1ccc2nc(-c3cccc(C)c3)ccc2c1.COc1ccc2nc(Cl)ccc2c1.Cc1cccc(B(O)O)c1. The molecule has 0 amide bonds. The third-order valence-corrected chi connectivity index (χ3v) is 6.62. The van der Waals surface area contributed by atoms with Crippen molar-refractivity contribution < 1.29 is 19.5 Å². The number of pyridine rings is 2. The van der Waals surface area contributed by atoms with Crippen LogP contribution in [-0.2, 0) is 0 Å². The summed E-state index contributed by atoms with van der Waals surface area (Å²) in [5.74, 6) is 1.69. The number of hydrogen-bond acceptors (Lipinski definition) is 6. The second kappa shape index (κ2) is 14.5. The van der Waals surface area contributed by atoms with E-state index in [-0.39, 0.29) is 0 Å². The van der Waals surface area contributed by atoms with Gasteiger partial charge in [-0.25, -0.2) is 9.97 Å². The maximum absolute atomic E-state index is 8.70. The molecule has 2 N–H and O–H groups in total. The van der Waals surface area contributed by atoms with Crippen LogP contribution in [-0.4, -0.2) is 41.4 Å². The maximum atomic E-state index is 8.70. The van der Waals surface area contributed by atoms with Gasteiger partial charge in [0.05, 0.1) is 30.9 Å². The lowest BCUT2D eigenvalue weighted by atomic mass is 9.80. The lowest BCUT2D eigenvalue weighted by molar-refractivity contribution is 0.415. The predicted octanol–water partition coefficient (Wildman–Crippen LogP) is 6.79. The number of nitrogens with zero attached hydrogens (tertiary/aromatic N) is 2. The van der Waals surface area contributed by atoms with Crippen LogP contribution in [0.3, 0.4) is 0 Å². The van der Waals surface area contributed by atoms with Gasteiger partial charge < -0.3 is 19.5 Å². The smallest absolute Gasteiger partial charge is 0.488 e. The van der Waals surface area contributed by atoms with E-state index in [0.29, 0.717) is 10.6 Å². The molecule has 0 saturated heterocycles. The molecule has 0 saturated carbocycles. The Bertz CT molecular complexity index is 1800. The Balaban J connectivity index is 0.000000154. The third kappa shape index (κ3) is 8.30. The number of rotatable bonds is 4. The van der Waals surface area contributed by atoms with Gasteiger partial charge in [0, 0.05) is 16.3 Å². The minimum atomic E-state index is -1.35. The van der Waals surface area contributed by atoms with Crippen LogP contribution in [0.5, 0.6) is 11.5 Å². The fraction of sp³-hybridized carbons (Fsp3) is 0.118. The van der Waals surface area contributed by atoms with Crippen molar-refractivity contribution in [1.82, 2.24) is 9.97 Å². The number of halogens is 1. The molecule has 212 valence electrons. The van der Waals surface area contributed by atoms with Gasteiger partial charge in [-0.05, 0) is 80.0 Å². The summed E-state index contributed by atoms with van der Waals surface area (Å²) >= 11 is 5.75. The van der Waals surface area contributed by atoms with Crippen molar-refractivity contribution >= 4 is 46.0 Å². The molecule has 0 radical (unpaired) electrons. The number of hydrogen-bond donors (Lipinski definition) is 2. The zero-order chi connectivity index (χ0) is 30.1. The van der Waals surface area contributed by atoms with E-state index in [1.165, 1.54) is 5.56 Å². The molecule has 4 aromatic carbocycles. The van der Waals surface area contributed by atoms with Crippen LogP contribution in [0.2, 0.25) is 5.15 Å². The molecule has 8 heteroatoms. The molecule has 0 aliphatic rings. The molecule has 0 aliphatic heterocycles. The number of aryl methyl sites for hydroxylation is 2. The van der Waals surface area contributed by atoms with Crippen LogP contribution >= 0.6 is 11.6 Å². The van der Waals surface area contributed by atoms with Gasteiger partial charge in [-0.2, -0.15) is 0 Å². The zero-order valence-corrected chi connectivity index (χ0v) is 24.7. The van der Waals surface area contributed by atoms with E-state index in [0.717, 1.165) is 50.1 Å². The third-order valence-electron chi connectivity index (χ3n) is 6.41. The normalized spacial score (nSPS) is 10.3. The topological polar surface area (TPSA) is 84.7 Å². The van der Waals surface area contributed by atoms with Gasteiger partial charge in [0.15, 0.2) is 0 Å². The molecule has 0 bridgehead atoms. The quantitative estimate of drug-likeness (QED) is 0.177. The first-order valence-corrected chi connectivity index (χ1v) is 13.7. The van der Waals surface area contributed by atoms with Crippen LogP contribution in [0.1, 0.15) is 11.1 Å². The van der Waals surface area contributed by atoms with Gasteiger partial charge in [-0.1, -0.05) is 71.3 Å². The van der Waals surface area contributed by atoms with Gasteiger partial charge >= 0.3 is 7.12 Å². The summed E-state index contributed by atoms with van der Waals surface area (Å²) in [5, 5.41) is 20.0. The highest BCUT2D eigenvalue weighted by molar-refractivity contribution is 6.58. The first-order chi connectivity index (χ1) is 20.2. The number of aromatic nitrogens is 2. The van der Waals surface area contributed by atoms with E-state index >= 15 is 0 Å². The Hall–Kier alpha value is -4.43. The van der Waals surface area contributed by atoms with Gasteiger partial charge in [0.2, 0.25) is 0 Å². The molecule has 6 nitrogen and oxygen atoms in total. The molecule has 0 aliphatic carbocycles. The summed E-state index contributed by atoms with van der Waals surface area (Å²) in [5.41, 5.74) is 6.84. The van der Waals surface area contributed by atoms with Gasteiger partial charge in [-0.3, -0.25) is 0 Å². The minimum Gasteiger partial charge on any atom is -0.497 e. The van der Waals surface area contributed by atoms with Gasteiger partial charge in [0.25, 0.3) is 0 Å². The Morgan fingerprint density at radius 2 is 1.19 bits per heavy atom. The standard InChI is InChI=1S/C17H15NO.C10H8ClNO.C7H9BO2/c1-12-4-3-5-13(10-12)16-8-6-14-11-15(19-2)7-9-17(14)18-16;1-13-8-3-4-9-7(6-8)2-5-10(11)12-9;1-6-3-2-4-7(5-6)8(9)10/h3-11H,1-2H3;2-6H,1H3;2-5,9-10H,1H3. The van der Waals surface area contributed by atoms with E-state index in [4.69, 9.17) is 36.1 Å². The Kier molecular flexibility index (Phi) is 10.5. The Labute approximate surface area is 251 Å². The molecule has 2 heterocycles. The maximum Gasteiger partial charge on any atom is 0.488 e. The predicted molar refractivity (Wildman–Crippen MR) is 173 cm³/mol. The largest absolute Gasteiger partial charge is 0.497 e. The van der Waals surface area contributed by atoms with Crippen molar-refractivity contribution in [3.05, 3.63) is 125 Å². The highest BCUT2D eigenvalue weighted by Crippen LogP contribution is 2.24. The average Bonchev–Trinajstić information content (AvgIpc) is 3.01. The highest BCUT2D eigenvalue weighted by Gasteiger charge is 2.09. The van der Waals surface area contributed by atoms with Crippen LogP contribution in [0.4, 0.5) is 0 Å². The van der Waals surface area contributed by atoms with Crippen LogP contribution < -0.4 is 14.9 Å². The molecule has 6 aromatic rings. The molecular weight excluding hydrogens is 547 g/mol. The van der Waals surface area contributed by atoms with E-state index in [9.17, 15) is 0 Å². The Morgan fingerprint density at radius 3 is 1.74 bits per heavy atom. The van der Waals surface area contributed by atoms with Gasteiger partial charge in [-0.15, -0.1) is 0 Å². The lowest BCUT2D eigenvalue weighted by Gasteiger charge is -2.05.